The Labute approximate surface area is 201 Å². The van der Waals surface area contributed by atoms with Crippen molar-refractivity contribution in [2.45, 2.75) is 37.6 Å². The molecule has 0 bridgehead atoms. The lowest BCUT2D eigenvalue weighted by Crippen LogP contribution is -2.67. The van der Waals surface area contributed by atoms with Gasteiger partial charge >= 0.3 is 6.18 Å². The number of halogens is 4. The summed E-state index contributed by atoms with van der Waals surface area (Å²) >= 11 is 1.49. The minimum absolute atomic E-state index is 0.220. The normalized spacial score (nSPS) is 22.3. The fourth-order valence-corrected chi connectivity index (χ4v) is 5.13. The second-order valence-electron chi connectivity index (χ2n) is 8.59. The van der Waals surface area contributed by atoms with Gasteiger partial charge in [-0.3, -0.25) is 0 Å². The first-order valence-corrected chi connectivity index (χ1v) is 11.6. The van der Waals surface area contributed by atoms with Crippen LogP contribution in [0.5, 0.6) is 5.75 Å². The number of rotatable bonds is 6. The van der Waals surface area contributed by atoms with E-state index in [-0.39, 0.29) is 17.1 Å². The summed E-state index contributed by atoms with van der Waals surface area (Å²) in [5.41, 5.74) is -2.40. The second-order valence-corrected chi connectivity index (χ2v) is 9.37. The van der Waals surface area contributed by atoms with Crippen molar-refractivity contribution in [3.8, 4) is 11.4 Å². The number of benzene rings is 1. The monoisotopic (exact) mass is 507 g/mol. The largest absolute Gasteiger partial charge is 0.496 e. The first-order chi connectivity index (χ1) is 16.6. The molecule has 0 spiro atoms. The van der Waals surface area contributed by atoms with Gasteiger partial charge in [-0.15, -0.1) is 0 Å². The first-order valence-electron chi connectivity index (χ1n) is 10.6. The van der Waals surface area contributed by atoms with Crippen molar-refractivity contribution < 1.29 is 27.0 Å². The third kappa shape index (κ3) is 3.90. The zero-order valence-corrected chi connectivity index (χ0v) is 19.8. The fourth-order valence-electron chi connectivity index (χ4n) is 4.51. The number of alkyl halides is 3. The molecule has 184 valence electrons. The van der Waals surface area contributed by atoms with E-state index in [1.165, 1.54) is 43.7 Å². The molecule has 1 aliphatic heterocycles. The number of aromatic nitrogens is 4. The highest BCUT2D eigenvalue weighted by Crippen LogP contribution is 2.57. The number of anilines is 1. The molecular weight excluding hydrogens is 486 g/mol. The smallest absolute Gasteiger partial charge is 0.419 e. The van der Waals surface area contributed by atoms with E-state index in [9.17, 15) is 17.6 Å². The van der Waals surface area contributed by atoms with Crippen LogP contribution < -0.4 is 10.1 Å². The van der Waals surface area contributed by atoms with Crippen molar-refractivity contribution in [2.75, 3.05) is 19.0 Å². The maximum atomic E-state index is 14.2. The highest BCUT2D eigenvalue weighted by molar-refractivity contribution is 7.08. The Hall–Kier alpha value is -3.25. The summed E-state index contributed by atoms with van der Waals surface area (Å²) in [4.78, 5) is 8.73. The average Bonchev–Trinajstić information content (AvgIpc) is 3.44. The summed E-state index contributed by atoms with van der Waals surface area (Å²) in [6.07, 6.45) is -3.61. The van der Waals surface area contributed by atoms with E-state index in [1.54, 1.807) is 11.6 Å². The average molecular weight is 508 g/mol. The van der Waals surface area contributed by atoms with Crippen LogP contribution in [0.2, 0.25) is 0 Å². The molecule has 3 aromatic heterocycles. The Morgan fingerprint density at radius 2 is 2.03 bits per heavy atom. The van der Waals surface area contributed by atoms with Crippen molar-refractivity contribution in [1.29, 1.82) is 0 Å². The number of hydrogen-bond donors (Lipinski definition) is 1. The fraction of sp³-hybridized carbons (Fsp3) is 0.348. The van der Waals surface area contributed by atoms with E-state index in [0.29, 0.717) is 16.9 Å². The zero-order valence-electron chi connectivity index (χ0n) is 19.0. The Balaban J connectivity index is 1.45. The van der Waals surface area contributed by atoms with Crippen LogP contribution in [0.4, 0.5) is 23.4 Å². The van der Waals surface area contributed by atoms with Gasteiger partial charge in [-0.2, -0.15) is 29.6 Å². The molecule has 0 radical (unpaired) electrons. The highest BCUT2D eigenvalue weighted by atomic mass is 32.1. The van der Waals surface area contributed by atoms with Gasteiger partial charge in [0.1, 0.15) is 23.2 Å². The molecule has 7 nitrogen and oxygen atoms in total. The second kappa shape index (κ2) is 8.16. The number of aryl methyl sites for hydroxylation is 1. The van der Waals surface area contributed by atoms with E-state index in [0.717, 1.165) is 11.8 Å². The highest BCUT2D eigenvalue weighted by Gasteiger charge is 2.68. The quantitative estimate of drug-likeness (QED) is 0.353. The van der Waals surface area contributed by atoms with Crippen molar-refractivity contribution in [3.63, 3.8) is 0 Å². The van der Waals surface area contributed by atoms with Crippen LogP contribution in [0.1, 0.15) is 24.7 Å². The van der Waals surface area contributed by atoms with E-state index < -0.39 is 36.2 Å². The van der Waals surface area contributed by atoms with Crippen LogP contribution in [0.15, 0.2) is 41.2 Å². The maximum absolute atomic E-state index is 14.2. The number of methoxy groups -OCH3 is 1. The van der Waals surface area contributed by atoms with Crippen molar-refractivity contribution in [1.82, 2.24) is 19.7 Å². The van der Waals surface area contributed by atoms with Crippen molar-refractivity contribution >= 4 is 28.2 Å². The van der Waals surface area contributed by atoms with Gasteiger partial charge in [-0.1, -0.05) is 0 Å². The molecule has 0 saturated carbocycles. The van der Waals surface area contributed by atoms with Gasteiger partial charge in [0.25, 0.3) is 0 Å². The van der Waals surface area contributed by atoms with Crippen LogP contribution in [-0.4, -0.2) is 45.2 Å². The Kier molecular flexibility index (Phi) is 5.48. The molecule has 35 heavy (non-hydrogen) atoms. The number of hydrogen-bond acceptors (Lipinski definition) is 7. The number of ether oxygens (including phenoxy) is 2. The summed E-state index contributed by atoms with van der Waals surface area (Å²) in [5, 5.41) is 11.4. The Morgan fingerprint density at radius 1 is 1.26 bits per heavy atom. The molecule has 2 atom stereocenters. The molecule has 12 heteroatoms. The van der Waals surface area contributed by atoms with Gasteiger partial charge in [0.05, 0.1) is 36.5 Å². The molecule has 1 aliphatic rings. The van der Waals surface area contributed by atoms with Crippen LogP contribution in [-0.2, 0) is 10.3 Å². The van der Waals surface area contributed by atoms with E-state index in [1.807, 2.05) is 16.8 Å². The Bertz CT molecular complexity index is 1380. The molecule has 0 aliphatic carbocycles. The predicted octanol–water partition coefficient (Wildman–Crippen LogP) is 5.38. The number of thiophene rings is 1. The van der Waals surface area contributed by atoms with E-state index >= 15 is 0 Å². The lowest BCUT2D eigenvalue weighted by Gasteiger charge is -2.55. The zero-order chi connectivity index (χ0) is 25.0. The first kappa shape index (κ1) is 23.5. The molecule has 4 heterocycles. The topological polar surface area (TPSA) is 74.1 Å². The predicted molar refractivity (Wildman–Crippen MR) is 123 cm³/mol. The molecule has 1 fully saturated rings. The van der Waals surface area contributed by atoms with Crippen molar-refractivity contribution in [2.24, 2.45) is 0 Å². The van der Waals surface area contributed by atoms with E-state index in [2.05, 4.69) is 20.4 Å². The molecule has 1 aromatic carbocycles. The summed E-state index contributed by atoms with van der Waals surface area (Å²) in [6, 6.07) is 5.56. The summed E-state index contributed by atoms with van der Waals surface area (Å²) in [6.45, 7) is 2.55. The minimum Gasteiger partial charge on any atom is -0.496 e. The molecule has 1 N–H and O–H groups in total. The van der Waals surface area contributed by atoms with Crippen LogP contribution >= 0.6 is 11.3 Å². The molecule has 0 amide bonds. The molecule has 1 saturated heterocycles. The summed E-state index contributed by atoms with van der Waals surface area (Å²) < 4.78 is 69.1. The van der Waals surface area contributed by atoms with Crippen LogP contribution in [0.3, 0.4) is 0 Å². The summed E-state index contributed by atoms with van der Waals surface area (Å²) in [7, 11) is 1.37. The molecular formula is C23H21F4N5O2S. The molecule has 5 rings (SSSR count). The van der Waals surface area contributed by atoms with Crippen LogP contribution in [0.25, 0.3) is 16.7 Å². The number of fused-ring (bicyclic) bond motifs is 1. The van der Waals surface area contributed by atoms with Crippen molar-refractivity contribution in [3.05, 3.63) is 58.4 Å². The minimum atomic E-state index is -4.69. The SMILES string of the molecule is COc1ccc(F)cc1C1(C)CC(CNc2nc(C)nc3c2cnn3-c2ccsc2)(C(F)(F)F)O1. The number of nitrogens with zero attached hydrogens (tertiary/aromatic N) is 4. The third-order valence-corrected chi connectivity index (χ3v) is 6.79. The van der Waals surface area contributed by atoms with Gasteiger partial charge < -0.3 is 14.8 Å². The third-order valence-electron chi connectivity index (χ3n) is 6.12. The summed E-state index contributed by atoms with van der Waals surface area (Å²) in [5.74, 6) is 0.265. The molecule has 2 unspecified atom stereocenters. The van der Waals surface area contributed by atoms with E-state index in [4.69, 9.17) is 9.47 Å². The van der Waals surface area contributed by atoms with Gasteiger partial charge in [0.15, 0.2) is 11.2 Å². The van der Waals surface area contributed by atoms with Gasteiger partial charge in [-0.05, 0) is 43.5 Å². The Morgan fingerprint density at radius 3 is 2.69 bits per heavy atom. The van der Waals surface area contributed by atoms with Gasteiger partial charge in [-0.25, -0.2) is 19.0 Å². The lowest BCUT2D eigenvalue weighted by molar-refractivity contribution is -0.380. The molecule has 4 aromatic rings. The lowest BCUT2D eigenvalue weighted by atomic mass is 9.75. The van der Waals surface area contributed by atoms with Gasteiger partial charge in [0.2, 0.25) is 0 Å². The standard InChI is InChI=1S/C23H21F4N5O2S/c1-13-30-19(16-9-29-32(20(16)31-13)15-6-7-35-10-15)28-12-22(23(25,26)27)11-21(2,34-22)17-8-14(24)4-5-18(17)33-3/h4-10H,11-12H2,1-3H3,(H,28,30,31). The van der Waals surface area contributed by atoms with Gasteiger partial charge in [0, 0.05) is 17.4 Å². The number of nitrogens with one attached hydrogen (secondary N) is 1. The maximum Gasteiger partial charge on any atom is 0.419 e. The van der Waals surface area contributed by atoms with Crippen LogP contribution in [0, 0.1) is 12.7 Å².